The van der Waals surface area contributed by atoms with Crippen LogP contribution in [0.15, 0.2) is 48.5 Å². The van der Waals surface area contributed by atoms with E-state index in [1.807, 2.05) is 43.3 Å². The summed E-state index contributed by atoms with van der Waals surface area (Å²) < 4.78 is 5.21. The van der Waals surface area contributed by atoms with Crippen molar-refractivity contribution in [1.82, 2.24) is 10.2 Å². The Bertz CT molecular complexity index is 727. The predicted octanol–water partition coefficient (Wildman–Crippen LogP) is 4.19. The normalized spacial score (nSPS) is 14.9. The molecule has 26 heavy (non-hydrogen) atoms. The largest absolute Gasteiger partial charge is 0.497 e. The number of methoxy groups -OCH3 is 1. The van der Waals surface area contributed by atoms with Crippen LogP contribution < -0.4 is 10.1 Å². The molecule has 0 radical (unpaired) electrons. The molecule has 1 atom stereocenters. The van der Waals surface area contributed by atoms with Crippen molar-refractivity contribution in [1.29, 1.82) is 0 Å². The Balaban J connectivity index is 1.56. The summed E-state index contributed by atoms with van der Waals surface area (Å²) in [6, 6.07) is 16.1. The van der Waals surface area contributed by atoms with Crippen LogP contribution in [-0.4, -0.2) is 30.5 Å². The van der Waals surface area contributed by atoms with E-state index in [9.17, 15) is 4.79 Å². The molecule has 2 aromatic carbocycles. The van der Waals surface area contributed by atoms with Gasteiger partial charge in [-0.2, -0.15) is 0 Å². The SMILES string of the molecule is COc1ccc(CN(CC(=O)N[C@@H](C)c2ccc(Cl)cc2)C2CC2)cc1. The Morgan fingerprint density at radius 3 is 2.42 bits per heavy atom. The topological polar surface area (TPSA) is 41.6 Å². The second kappa shape index (κ2) is 8.56. The smallest absolute Gasteiger partial charge is 0.234 e. The van der Waals surface area contributed by atoms with Gasteiger partial charge in [-0.1, -0.05) is 35.9 Å². The Morgan fingerprint density at radius 2 is 1.85 bits per heavy atom. The van der Waals surface area contributed by atoms with Crippen molar-refractivity contribution < 1.29 is 9.53 Å². The lowest BCUT2D eigenvalue weighted by atomic mass is 10.1. The second-order valence-electron chi connectivity index (χ2n) is 6.82. The number of rotatable bonds is 8. The number of carbonyl (C=O) groups excluding carboxylic acids is 1. The summed E-state index contributed by atoms with van der Waals surface area (Å²) >= 11 is 5.93. The molecule has 0 unspecified atom stereocenters. The zero-order valence-corrected chi connectivity index (χ0v) is 16.0. The highest BCUT2D eigenvalue weighted by Gasteiger charge is 2.30. The predicted molar refractivity (Wildman–Crippen MR) is 104 cm³/mol. The molecule has 4 nitrogen and oxygen atoms in total. The van der Waals surface area contributed by atoms with Crippen LogP contribution in [0.1, 0.15) is 36.9 Å². The number of halogens is 1. The molecule has 1 saturated carbocycles. The van der Waals surface area contributed by atoms with E-state index >= 15 is 0 Å². The van der Waals surface area contributed by atoms with E-state index in [1.165, 1.54) is 5.56 Å². The highest BCUT2D eigenvalue weighted by Crippen LogP contribution is 2.28. The average molecular weight is 373 g/mol. The van der Waals surface area contributed by atoms with E-state index in [-0.39, 0.29) is 11.9 Å². The van der Waals surface area contributed by atoms with E-state index < -0.39 is 0 Å². The zero-order chi connectivity index (χ0) is 18.5. The molecule has 0 aliphatic heterocycles. The van der Waals surface area contributed by atoms with Gasteiger partial charge in [0.05, 0.1) is 19.7 Å². The van der Waals surface area contributed by atoms with Gasteiger partial charge in [0.2, 0.25) is 5.91 Å². The molecule has 0 bridgehead atoms. The number of carbonyl (C=O) groups is 1. The van der Waals surface area contributed by atoms with Crippen LogP contribution in [-0.2, 0) is 11.3 Å². The summed E-state index contributed by atoms with van der Waals surface area (Å²) in [5, 5.41) is 3.79. The molecular weight excluding hydrogens is 348 g/mol. The standard InChI is InChI=1S/C21H25ClN2O2/c1-15(17-5-7-18(22)8-6-17)23-21(25)14-24(19-9-10-19)13-16-3-11-20(26-2)12-4-16/h3-8,11-12,15,19H,9-10,13-14H2,1-2H3,(H,23,25)/t15-/m0/s1. The number of hydrogen-bond acceptors (Lipinski definition) is 3. The molecule has 2 aromatic rings. The summed E-state index contributed by atoms with van der Waals surface area (Å²) in [7, 11) is 1.66. The Labute approximate surface area is 160 Å². The summed E-state index contributed by atoms with van der Waals surface area (Å²) in [5.41, 5.74) is 2.24. The summed E-state index contributed by atoms with van der Waals surface area (Å²) in [6.45, 7) is 3.18. The molecule has 1 amide bonds. The van der Waals surface area contributed by atoms with Gasteiger partial charge in [-0.05, 0) is 55.2 Å². The molecule has 3 rings (SSSR count). The first-order chi connectivity index (χ1) is 12.5. The van der Waals surface area contributed by atoms with Gasteiger partial charge in [0.1, 0.15) is 5.75 Å². The molecule has 138 valence electrons. The summed E-state index contributed by atoms with van der Waals surface area (Å²) in [5.74, 6) is 0.897. The first-order valence-electron chi connectivity index (χ1n) is 8.97. The van der Waals surface area contributed by atoms with E-state index in [2.05, 4.69) is 22.3 Å². The third-order valence-electron chi connectivity index (χ3n) is 4.70. The van der Waals surface area contributed by atoms with Gasteiger partial charge in [0.25, 0.3) is 0 Å². The van der Waals surface area contributed by atoms with Crippen LogP contribution in [0.2, 0.25) is 5.02 Å². The minimum absolute atomic E-state index is 0.0400. The van der Waals surface area contributed by atoms with Crippen molar-refractivity contribution in [3.8, 4) is 5.75 Å². The molecule has 0 aromatic heterocycles. The van der Waals surface area contributed by atoms with E-state index in [0.717, 1.165) is 30.7 Å². The Hall–Kier alpha value is -2.04. The fraction of sp³-hybridized carbons (Fsp3) is 0.381. The molecule has 1 N–H and O–H groups in total. The van der Waals surface area contributed by atoms with Crippen molar-refractivity contribution in [3.05, 3.63) is 64.7 Å². The summed E-state index contributed by atoms with van der Waals surface area (Å²) in [6.07, 6.45) is 2.33. The molecular formula is C21H25ClN2O2. The van der Waals surface area contributed by atoms with E-state index in [0.29, 0.717) is 17.6 Å². The van der Waals surface area contributed by atoms with E-state index in [4.69, 9.17) is 16.3 Å². The summed E-state index contributed by atoms with van der Waals surface area (Å²) in [4.78, 5) is 14.8. The van der Waals surface area contributed by atoms with Crippen LogP contribution in [0.4, 0.5) is 0 Å². The third-order valence-corrected chi connectivity index (χ3v) is 4.95. The number of benzene rings is 2. The molecule has 0 saturated heterocycles. The molecule has 1 aliphatic carbocycles. The van der Waals surface area contributed by atoms with Crippen LogP contribution in [0, 0.1) is 0 Å². The second-order valence-corrected chi connectivity index (χ2v) is 7.26. The first kappa shape index (κ1) is 18.7. The van der Waals surface area contributed by atoms with Crippen molar-refractivity contribution in [2.45, 2.75) is 38.4 Å². The van der Waals surface area contributed by atoms with Gasteiger partial charge < -0.3 is 10.1 Å². The minimum atomic E-state index is -0.0400. The van der Waals surface area contributed by atoms with Crippen LogP contribution in [0.5, 0.6) is 5.75 Å². The number of nitrogens with zero attached hydrogens (tertiary/aromatic N) is 1. The first-order valence-corrected chi connectivity index (χ1v) is 9.35. The van der Waals surface area contributed by atoms with Crippen LogP contribution >= 0.6 is 11.6 Å². The Kier molecular flexibility index (Phi) is 6.17. The van der Waals surface area contributed by atoms with Gasteiger partial charge >= 0.3 is 0 Å². The molecule has 1 aliphatic rings. The van der Waals surface area contributed by atoms with Crippen molar-refractivity contribution >= 4 is 17.5 Å². The van der Waals surface area contributed by atoms with Gasteiger partial charge in [0, 0.05) is 17.6 Å². The van der Waals surface area contributed by atoms with Gasteiger partial charge in [-0.25, -0.2) is 0 Å². The van der Waals surface area contributed by atoms with Crippen molar-refractivity contribution in [2.24, 2.45) is 0 Å². The third kappa shape index (κ3) is 5.23. The molecule has 1 fully saturated rings. The van der Waals surface area contributed by atoms with Crippen molar-refractivity contribution in [2.75, 3.05) is 13.7 Å². The number of ether oxygens (including phenoxy) is 1. The number of nitrogens with one attached hydrogen (secondary N) is 1. The lowest BCUT2D eigenvalue weighted by Crippen LogP contribution is -2.39. The maximum Gasteiger partial charge on any atom is 0.234 e. The lowest BCUT2D eigenvalue weighted by Gasteiger charge is -2.23. The lowest BCUT2D eigenvalue weighted by molar-refractivity contribution is -0.123. The van der Waals surface area contributed by atoms with Gasteiger partial charge in [-0.3, -0.25) is 9.69 Å². The van der Waals surface area contributed by atoms with Gasteiger partial charge in [0.15, 0.2) is 0 Å². The number of amides is 1. The molecule has 0 spiro atoms. The fourth-order valence-corrected chi connectivity index (χ4v) is 3.15. The minimum Gasteiger partial charge on any atom is -0.497 e. The van der Waals surface area contributed by atoms with Crippen LogP contribution in [0.3, 0.4) is 0 Å². The molecule has 5 heteroatoms. The average Bonchev–Trinajstić information content (AvgIpc) is 3.47. The maximum absolute atomic E-state index is 12.5. The Morgan fingerprint density at radius 1 is 1.19 bits per heavy atom. The van der Waals surface area contributed by atoms with E-state index in [1.54, 1.807) is 7.11 Å². The monoisotopic (exact) mass is 372 g/mol. The fourth-order valence-electron chi connectivity index (χ4n) is 3.03. The number of hydrogen-bond donors (Lipinski definition) is 1. The zero-order valence-electron chi connectivity index (χ0n) is 15.2. The van der Waals surface area contributed by atoms with Gasteiger partial charge in [-0.15, -0.1) is 0 Å². The highest BCUT2D eigenvalue weighted by molar-refractivity contribution is 6.30. The quantitative estimate of drug-likeness (QED) is 0.755. The van der Waals surface area contributed by atoms with Crippen molar-refractivity contribution in [3.63, 3.8) is 0 Å². The van der Waals surface area contributed by atoms with Crippen LogP contribution in [0.25, 0.3) is 0 Å². The highest BCUT2D eigenvalue weighted by atomic mass is 35.5. The molecule has 0 heterocycles. The maximum atomic E-state index is 12.5.